The predicted octanol–water partition coefficient (Wildman–Crippen LogP) is 0.799. The van der Waals surface area contributed by atoms with Gasteiger partial charge in [-0.3, -0.25) is 9.59 Å². The van der Waals surface area contributed by atoms with Crippen LogP contribution < -0.4 is 4.90 Å². The molecule has 0 unspecified atom stereocenters. The maximum absolute atomic E-state index is 12.2. The van der Waals surface area contributed by atoms with E-state index in [-0.39, 0.29) is 13.2 Å². The normalized spacial score (nSPS) is 10.1. The molecule has 19 heavy (non-hydrogen) atoms. The summed E-state index contributed by atoms with van der Waals surface area (Å²) < 4.78 is 0. The largest absolute Gasteiger partial charge is 0.395 e. The number of hydrogen-bond donors (Lipinski definition) is 1. The highest BCUT2D eigenvalue weighted by molar-refractivity contribution is 6.40. The third-order valence-corrected chi connectivity index (χ3v) is 2.84. The molecule has 1 rings (SSSR count). The number of rotatable bonds is 4. The Kier molecular flexibility index (Phi) is 5.51. The quantitative estimate of drug-likeness (QED) is 0.818. The number of amides is 2. The van der Waals surface area contributed by atoms with E-state index in [2.05, 4.69) is 0 Å². The van der Waals surface area contributed by atoms with Gasteiger partial charge in [0.25, 0.3) is 0 Å². The number of carbonyl (C=O) groups is 2. The van der Waals surface area contributed by atoms with E-state index in [0.29, 0.717) is 12.2 Å². The topological polar surface area (TPSA) is 60.9 Å². The van der Waals surface area contributed by atoms with Crippen molar-refractivity contribution < 1.29 is 14.7 Å². The molecule has 104 valence electrons. The molecule has 0 aliphatic heterocycles. The fraction of sp³-hybridized carbons (Fsp3) is 0.429. The average molecular weight is 264 g/mol. The number of benzene rings is 1. The fourth-order valence-electron chi connectivity index (χ4n) is 1.77. The zero-order valence-corrected chi connectivity index (χ0v) is 11.6. The number of aryl methyl sites for hydroxylation is 1. The van der Waals surface area contributed by atoms with E-state index in [0.717, 1.165) is 5.56 Å². The van der Waals surface area contributed by atoms with E-state index in [1.54, 1.807) is 6.07 Å². The third kappa shape index (κ3) is 3.79. The van der Waals surface area contributed by atoms with E-state index in [9.17, 15) is 9.59 Å². The van der Waals surface area contributed by atoms with Crippen LogP contribution in [0.25, 0.3) is 0 Å². The molecule has 1 aromatic carbocycles. The second-order valence-electron chi connectivity index (χ2n) is 4.34. The van der Waals surface area contributed by atoms with Crippen LogP contribution in [0.4, 0.5) is 5.69 Å². The van der Waals surface area contributed by atoms with Crippen molar-refractivity contribution >= 4 is 17.5 Å². The summed E-state index contributed by atoms with van der Waals surface area (Å²) in [6.07, 6.45) is 0. The van der Waals surface area contributed by atoms with Gasteiger partial charge in [0.05, 0.1) is 6.61 Å². The zero-order valence-electron chi connectivity index (χ0n) is 11.6. The molecule has 0 bridgehead atoms. The molecule has 0 radical (unpaired) electrons. The monoisotopic (exact) mass is 264 g/mol. The Labute approximate surface area is 113 Å². The standard InChI is InChI=1S/C14H20N2O3/c1-4-16(12-7-5-6-11(2)10-12)14(19)13(18)15(3)8-9-17/h5-7,10,17H,4,8-9H2,1-3H3. The molecular formula is C14H20N2O3. The van der Waals surface area contributed by atoms with Crippen molar-refractivity contribution in [3.05, 3.63) is 29.8 Å². The predicted molar refractivity (Wildman–Crippen MR) is 73.9 cm³/mol. The lowest BCUT2D eigenvalue weighted by molar-refractivity contribution is -0.143. The summed E-state index contributed by atoms with van der Waals surface area (Å²) in [5.74, 6) is -1.19. The minimum atomic E-state index is -0.614. The van der Waals surface area contributed by atoms with Gasteiger partial charge < -0.3 is 14.9 Å². The number of carbonyl (C=O) groups excluding carboxylic acids is 2. The first-order valence-corrected chi connectivity index (χ1v) is 6.25. The van der Waals surface area contributed by atoms with Crippen molar-refractivity contribution in [2.45, 2.75) is 13.8 Å². The van der Waals surface area contributed by atoms with Crippen LogP contribution in [0.5, 0.6) is 0 Å². The van der Waals surface area contributed by atoms with Gasteiger partial charge in [-0.15, -0.1) is 0 Å². The van der Waals surface area contributed by atoms with E-state index < -0.39 is 11.8 Å². The van der Waals surface area contributed by atoms with Crippen LogP contribution in [0, 0.1) is 6.92 Å². The first kappa shape index (κ1) is 15.2. The third-order valence-electron chi connectivity index (χ3n) is 2.84. The van der Waals surface area contributed by atoms with Crippen molar-refractivity contribution in [3.8, 4) is 0 Å². The minimum Gasteiger partial charge on any atom is -0.395 e. The van der Waals surface area contributed by atoms with Gasteiger partial charge in [0.2, 0.25) is 0 Å². The Morgan fingerprint density at radius 1 is 1.26 bits per heavy atom. The molecule has 0 saturated heterocycles. The molecule has 5 heteroatoms. The summed E-state index contributed by atoms with van der Waals surface area (Å²) in [5, 5.41) is 8.80. The SMILES string of the molecule is CCN(C(=O)C(=O)N(C)CCO)c1cccc(C)c1. The molecule has 5 nitrogen and oxygen atoms in total. The first-order chi connectivity index (χ1) is 9.01. The molecule has 0 aromatic heterocycles. The Morgan fingerprint density at radius 2 is 1.95 bits per heavy atom. The second kappa shape index (κ2) is 6.89. The number of anilines is 1. The summed E-state index contributed by atoms with van der Waals surface area (Å²) in [6, 6.07) is 7.44. The van der Waals surface area contributed by atoms with Crippen LogP contribution in [0.3, 0.4) is 0 Å². The van der Waals surface area contributed by atoms with Gasteiger partial charge in [0.1, 0.15) is 0 Å². The zero-order chi connectivity index (χ0) is 14.4. The first-order valence-electron chi connectivity index (χ1n) is 6.25. The molecule has 0 heterocycles. The molecule has 0 saturated carbocycles. The van der Waals surface area contributed by atoms with Crippen molar-refractivity contribution in [1.29, 1.82) is 0 Å². The van der Waals surface area contributed by atoms with E-state index in [1.165, 1.54) is 16.8 Å². The molecule has 0 aliphatic rings. The lowest BCUT2D eigenvalue weighted by Crippen LogP contribution is -2.44. The van der Waals surface area contributed by atoms with E-state index >= 15 is 0 Å². The Morgan fingerprint density at radius 3 is 2.47 bits per heavy atom. The van der Waals surface area contributed by atoms with Crippen molar-refractivity contribution in [1.82, 2.24) is 4.90 Å². The van der Waals surface area contributed by atoms with Gasteiger partial charge >= 0.3 is 11.8 Å². The Balaban J connectivity index is 2.91. The van der Waals surface area contributed by atoms with Gasteiger partial charge in [0.15, 0.2) is 0 Å². The van der Waals surface area contributed by atoms with Crippen molar-refractivity contribution in [2.24, 2.45) is 0 Å². The average Bonchev–Trinajstić information content (AvgIpc) is 2.39. The number of aliphatic hydroxyl groups excluding tert-OH is 1. The maximum atomic E-state index is 12.2. The molecule has 0 fully saturated rings. The van der Waals surface area contributed by atoms with Gasteiger partial charge in [-0.25, -0.2) is 0 Å². The van der Waals surface area contributed by atoms with Crippen LogP contribution in [0.1, 0.15) is 12.5 Å². The lowest BCUT2D eigenvalue weighted by atomic mass is 10.2. The maximum Gasteiger partial charge on any atom is 0.316 e. The van der Waals surface area contributed by atoms with E-state index in [4.69, 9.17) is 5.11 Å². The van der Waals surface area contributed by atoms with Crippen LogP contribution in [-0.4, -0.2) is 48.6 Å². The Bertz CT molecular complexity index is 460. The van der Waals surface area contributed by atoms with Gasteiger partial charge in [-0.2, -0.15) is 0 Å². The molecule has 1 aromatic rings. The van der Waals surface area contributed by atoms with Gasteiger partial charge in [0, 0.05) is 25.8 Å². The van der Waals surface area contributed by atoms with Crippen LogP contribution in [0.15, 0.2) is 24.3 Å². The van der Waals surface area contributed by atoms with Crippen molar-refractivity contribution in [3.63, 3.8) is 0 Å². The summed E-state index contributed by atoms with van der Waals surface area (Å²) in [7, 11) is 1.50. The van der Waals surface area contributed by atoms with Gasteiger partial charge in [-0.1, -0.05) is 12.1 Å². The fourth-order valence-corrected chi connectivity index (χ4v) is 1.77. The molecule has 0 atom stereocenters. The van der Waals surface area contributed by atoms with Crippen molar-refractivity contribution in [2.75, 3.05) is 31.6 Å². The van der Waals surface area contributed by atoms with E-state index in [1.807, 2.05) is 32.0 Å². The summed E-state index contributed by atoms with van der Waals surface area (Å²) in [5.41, 5.74) is 1.73. The van der Waals surface area contributed by atoms with Gasteiger partial charge in [-0.05, 0) is 31.5 Å². The Hall–Kier alpha value is -1.88. The highest BCUT2D eigenvalue weighted by Gasteiger charge is 2.24. The number of nitrogens with zero attached hydrogens (tertiary/aromatic N) is 2. The van der Waals surface area contributed by atoms with Crippen LogP contribution >= 0.6 is 0 Å². The minimum absolute atomic E-state index is 0.149. The highest BCUT2D eigenvalue weighted by atomic mass is 16.3. The summed E-state index contributed by atoms with van der Waals surface area (Å²) in [4.78, 5) is 26.7. The molecular weight excluding hydrogens is 244 g/mol. The molecule has 0 spiro atoms. The number of aliphatic hydroxyl groups is 1. The molecule has 1 N–H and O–H groups in total. The summed E-state index contributed by atoms with van der Waals surface area (Å²) >= 11 is 0. The van der Waals surface area contributed by atoms with Crippen LogP contribution in [0.2, 0.25) is 0 Å². The molecule has 0 aliphatic carbocycles. The summed E-state index contributed by atoms with van der Waals surface area (Å²) in [6.45, 7) is 4.16. The lowest BCUT2D eigenvalue weighted by Gasteiger charge is -2.23. The highest BCUT2D eigenvalue weighted by Crippen LogP contribution is 2.16. The smallest absolute Gasteiger partial charge is 0.316 e. The molecule has 2 amide bonds. The van der Waals surface area contributed by atoms with Crippen LogP contribution in [-0.2, 0) is 9.59 Å². The second-order valence-corrected chi connectivity index (χ2v) is 4.34. The number of hydrogen-bond acceptors (Lipinski definition) is 3. The number of likely N-dealkylation sites (N-methyl/N-ethyl adjacent to an activating group) is 2.